The number of nitrogens with zero attached hydrogens (tertiary/aromatic N) is 1. The molecule has 6 rings (SSSR count). The molecule has 1 heterocycles. The van der Waals surface area contributed by atoms with Crippen molar-refractivity contribution in [3.63, 3.8) is 0 Å². The predicted octanol–water partition coefficient (Wildman–Crippen LogP) is 6.51. The van der Waals surface area contributed by atoms with Crippen LogP contribution in [0.25, 0.3) is 0 Å². The minimum atomic E-state index is -0.784. The van der Waals surface area contributed by atoms with E-state index in [1.807, 2.05) is 0 Å². The van der Waals surface area contributed by atoms with Crippen LogP contribution in [-0.2, 0) is 11.2 Å². The minimum Gasteiger partial charge on any atom is -0.471 e. The molecule has 180 valence electrons. The molecule has 1 aliphatic carbocycles. The van der Waals surface area contributed by atoms with Crippen molar-refractivity contribution in [1.82, 2.24) is 0 Å². The van der Waals surface area contributed by atoms with E-state index in [-0.39, 0.29) is 12.1 Å². The van der Waals surface area contributed by atoms with Gasteiger partial charge in [0.1, 0.15) is 12.1 Å². The van der Waals surface area contributed by atoms with Crippen molar-refractivity contribution in [2.75, 3.05) is 0 Å². The van der Waals surface area contributed by atoms with E-state index in [1.54, 1.807) is 0 Å². The fraction of sp³-hybridized carbons (Fsp3) is 0.242. The van der Waals surface area contributed by atoms with Crippen LogP contribution in [0.3, 0.4) is 0 Å². The lowest BCUT2D eigenvalue weighted by Crippen LogP contribution is -2.29. The summed E-state index contributed by atoms with van der Waals surface area (Å²) in [6.45, 7) is 8.84. The van der Waals surface area contributed by atoms with Gasteiger partial charge in [0, 0.05) is 5.56 Å². The fourth-order valence-corrected chi connectivity index (χ4v) is 8.47. The number of benzene rings is 4. The van der Waals surface area contributed by atoms with Gasteiger partial charge in [-0.15, -0.1) is 0 Å². The average molecular weight is 490 g/mol. The zero-order chi connectivity index (χ0) is 24.8. The molecule has 0 spiro atoms. The van der Waals surface area contributed by atoms with Crippen LogP contribution in [0.5, 0.6) is 0 Å². The van der Waals surface area contributed by atoms with Gasteiger partial charge in [-0.05, 0) is 92.7 Å². The Kier molecular flexibility index (Phi) is 6.02. The Balaban J connectivity index is 1.51. The van der Waals surface area contributed by atoms with Gasteiger partial charge in [-0.2, -0.15) is 0 Å². The summed E-state index contributed by atoms with van der Waals surface area (Å²) in [6.07, 6.45) is 2.19. The van der Waals surface area contributed by atoms with Crippen molar-refractivity contribution < 1.29 is 4.74 Å². The molecule has 0 amide bonds. The van der Waals surface area contributed by atoms with Crippen LogP contribution >= 0.6 is 7.92 Å². The van der Waals surface area contributed by atoms with Crippen LogP contribution in [0.4, 0.5) is 0 Å². The number of aliphatic imine (C=N–C) groups is 1. The Bertz CT molecular complexity index is 1440. The van der Waals surface area contributed by atoms with Gasteiger partial charge in [-0.1, -0.05) is 90.0 Å². The topological polar surface area (TPSA) is 21.6 Å². The van der Waals surface area contributed by atoms with Crippen LogP contribution in [0.1, 0.15) is 51.4 Å². The van der Waals surface area contributed by atoms with E-state index >= 15 is 0 Å². The Labute approximate surface area is 215 Å². The van der Waals surface area contributed by atoms with E-state index in [4.69, 9.17) is 9.73 Å². The van der Waals surface area contributed by atoms with E-state index in [0.29, 0.717) is 0 Å². The Morgan fingerprint density at radius 3 is 2.06 bits per heavy atom. The maximum atomic E-state index is 6.63. The maximum Gasteiger partial charge on any atom is 0.217 e. The highest BCUT2D eigenvalue weighted by atomic mass is 31.1. The molecule has 2 aliphatic rings. The summed E-state index contributed by atoms with van der Waals surface area (Å²) in [5.74, 6) is 0.805. The molecule has 0 N–H and O–H groups in total. The Morgan fingerprint density at radius 2 is 1.36 bits per heavy atom. The summed E-state index contributed by atoms with van der Waals surface area (Å²) < 4.78 is 6.63. The quantitative estimate of drug-likeness (QED) is 0.300. The number of hydrogen-bond acceptors (Lipinski definition) is 2. The van der Waals surface area contributed by atoms with E-state index in [9.17, 15) is 0 Å². The molecule has 0 saturated carbocycles. The van der Waals surface area contributed by atoms with E-state index < -0.39 is 7.92 Å². The van der Waals surface area contributed by atoms with Crippen molar-refractivity contribution in [3.05, 3.63) is 124 Å². The highest BCUT2D eigenvalue weighted by molar-refractivity contribution is 7.80. The molecule has 0 aromatic heterocycles. The number of aryl methyl sites for hydroxylation is 5. The van der Waals surface area contributed by atoms with E-state index in [2.05, 4.69) is 113 Å². The van der Waals surface area contributed by atoms with E-state index in [1.165, 1.54) is 49.3 Å². The fourth-order valence-electron chi connectivity index (χ4n) is 5.77. The van der Waals surface area contributed by atoms with Crippen molar-refractivity contribution in [3.8, 4) is 0 Å². The van der Waals surface area contributed by atoms with E-state index in [0.717, 1.165) is 24.3 Å². The summed E-state index contributed by atoms with van der Waals surface area (Å²) in [4.78, 5) is 5.23. The monoisotopic (exact) mass is 489 g/mol. The molecule has 0 fully saturated rings. The predicted molar refractivity (Wildman–Crippen MR) is 153 cm³/mol. The normalized spacial score (nSPS) is 18.4. The van der Waals surface area contributed by atoms with Gasteiger partial charge in [-0.3, -0.25) is 0 Å². The molecular formula is C33H32NOP. The van der Waals surface area contributed by atoms with Crippen LogP contribution < -0.4 is 15.9 Å². The molecule has 0 saturated heterocycles. The van der Waals surface area contributed by atoms with Crippen LogP contribution in [0.15, 0.2) is 89.9 Å². The molecule has 2 nitrogen and oxygen atoms in total. The molecule has 0 bridgehead atoms. The first-order valence-corrected chi connectivity index (χ1v) is 14.2. The zero-order valence-electron chi connectivity index (χ0n) is 21.5. The molecule has 1 aliphatic heterocycles. The van der Waals surface area contributed by atoms with Crippen LogP contribution in [0, 0.1) is 27.7 Å². The minimum absolute atomic E-state index is 0.0893. The second-order valence-electron chi connectivity index (χ2n) is 10.2. The van der Waals surface area contributed by atoms with Crippen molar-refractivity contribution in [1.29, 1.82) is 0 Å². The van der Waals surface area contributed by atoms with Gasteiger partial charge in [0.05, 0.1) is 0 Å². The smallest absolute Gasteiger partial charge is 0.217 e. The third kappa shape index (κ3) is 4.08. The summed E-state index contributed by atoms with van der Waals surface area (Å²) in [7, 11) is -0.784. The van der Waals surface area contributed by atoms with Crippen molar-refractivity contribution >= 4 is 29.7 Å². The largest absolute Gasteiger partial charge is 0.471 e. The molecule has 4 aromatic carbocycles. The molecule has 4 aromatic rings. The first-order valence-electron chi connectivity index (χ1n) is 12.9. The summed E-state index contributed by atoms with van der Waals surface area (Å²) >= 11 is 0. The lowest BCUT2D eigenvalue weighted by atomic mass is 9.86. The number of ether oxygens (including phenoxy) is 1. The third-order valence-electron chi connectivity index (χ3n) is 7.51. The van der Waals surface area contributed by atoms with Gasteiger partial charge in [-0.25, -0.2) is 4.99 Å². The van der Waals surface area contributed by atoms with Crippen LogP contribution in [-0.4, -0.2) is 12.0 Å². The van der Waals surface area contributed by atoms with Gasteiger partial charge in [0.15, 0.2) is 0 Å². The summed E-state index contributed by atoms with van der Waals surface area (Å²) in [5, 5.41) is 4.12. The summed E-state index contributed by atoms with van der Waals surface area (Å²) in [6, 6.07) is 31.4. The standard InChI is InChI=1S/C33H32NOP/c1-21-13-17-29(23(3)19-21)36(30-18-14-22(2)20-24(30)4)31-12-8-7-11-27(31)33-34-32-26-10-6-5-9-25(26)15-16-28(32)35-33/h5-14,17-20,28,32H,15-16H2,1-4H3/t28-,32+/m0/s1. The molecular weight excluding hydrogens is 457 g/mol. The third-order valence-corrected chi connectivity index (χ3v) is 10.3. The SMILES string of the molecule is Cc1ccc(P(c2ccc(C)cc2C)c2ccccc2C2=N[C@@H]3c4ccccc4CC[C@@H]3O2)c(C)c1. The number of rotatable bonds is 4. The van der Waals surface area contributed by atoms with Gasteiger partial charge < -0.3 is 4.74 Å². The van der Waals surface area contributed by atoms with Gasteiger partial charge in [0.25, 0.3) is 0 Å². The lowest BCUT2D eigenvalue weighted by Gasteiger charge is -2.26. The highest BCUT2D eigenvalue weighted by Crippen LogP contribution is 2.41. The second-order valence-corrected chi connectivity index (χ2v) is 12.3. The Hall–Kier alpha value is -3.22. The molecule has 2 atom stereocenters. The maximum absolute atomic E-state index is 6.63. The second kappa shape index (κ2) is 9.34. The van der Waals surface area contributed by atoms with Crippen molar-refractivity contribution in [2.24, 2.45) is 4.99 Å². The zero-order valence-corrected chi connectivity index (χ0v) is 22.3. The first-order chi connectivity index (χ1) is 17.5. The molecule has 3 heteroatoms. The molecule has 36 heavy (non-hydrogen) atoms. The summed E-state index contributed by atoms with van der Waals surface area (Å²) in [5.41, 5.74) is 9.15. The van der Waals surface area contributed by atoms with Crippen LogP contribution in [0.2, 0.25) is 0 Å². The lowest BCUT2D eigenvalue weighted by molar-refractivity contribution is 0.175. The Morgan fingerprint density at radius 1 is 0.722 bits per heavy atom. The first kappa shape index (κ1) is 23.2. The molecule has 0 radical (unpaired) electrons. The molecule has 0 unspecified atom stereocenters. The van der Waals surface area contributed by atoms with Gasteiger partial charge >= 0.3 is 0 Å². The average Bonchev–Trinajstić information content (AvgIpc) is 3.32. The number of fused-ring (bicyclic) bond motifs is 3. The number of hydrogen-bond donors (Lipinski definition) is 0. The van der Waals surface area contributed by atoms with Gasteiger partial charge in [0.2, 0.25) is 5.90 Å². The highest BCUT2D eigenvalue weighted by Gasteiger charge is 2.38. The van der Waals surface area contributed by atoms with Crippen molar-refractivity contribution in [2.45, 2.75) is 52.7 Å².